The third-order valence-electron chi connectivity index (χ3n) is 5.35. The Labute approximate surface area is 183 Å². The lowest BCUT2D eigenvalue weighted by Gasteiger charge is -2.10. The molecule has 1 amide bonds. The van der Waals surface area contributed by atoms with Crippen molar-refractivity contribution in [1.82, 2.24) is 24.5 Å². The molecule has 0 aliphatic rings. The predicted octanol–water partition coefficient (Wildman–Crippen LogP) is 3.35. The van der Waals surface area contributed by atoms with Crippen LogP contribution in [0.2, 0.25) is 5.02 Å². The number of aryl methyl sites for hydroxylation is 3. The molecule has 4 aromatic rings. The van der Waals surface area contributed by atoms with Crippen LogP contribution in [0.3, 0.4) is 0 Å². The molecule has 2 N–H and O–H groups in total. The monoisotopic (exact) mass is 438 g/mol. The Morgan fingerprint density at radius 2 is 1.97 bits per heavy atom. The minimum absolute atomic E-state index is 0.119. The Bertz CT molecular complexity index is 1320. The van der Waals surface area contributed by atoms with Gasteiger partial charge in [-0.15, -0.1) is 0 Å². The van der Waals surface area contributed by atoms with Crippen molar-refractivity contribution in [2.75, 3.05) is 5.32 Å². The second-order valence-corrected chi connectivity index (χ2v) is 8.04. The van der Waals surface area contributed by atoms with Gasteiger partial charge in [-0.05, 0) is 49.1 Å². The Balaban J connectivity index is 1.41. The van der Waals surface area contributed by atoms with Gasteiger partial charge in [-0.25, -0.2) is 4.98 Å². The summed E-state index contributed by atoms with van der Waals surface area (Å²) in [6.07, 6.45) is 4.20. The Kier molecular flexibility index (Phi) is 5.65. The lowest BCUT2D eigenvalue weighted by atomic mass is 10.0. The van der Waals surface area contributed by atoms with Crippen molar-refractivity contribution in [2.45, 2.75) is 33.2 Å². The summed E-state index contributed by atoms with van der Waals surface area (Å²) in [5.41, 5.74) is 4.78. The topological polar surface area (TPSA) is 97.6 Å². The fraction of sp³-hybridized carbons (Fsp3) is 0.273. The maximum atomic E-state index is 12.5. The summed E-state index contributed by atoms with van der Waals surface area (Å²) in [5, 5.41) is 11.2. The number of carbonyl (C=O) groups excluding carboxylic acids is 1. The number of carbonyl (C=O) groups is 1. The van der Waals surface area contributed by atoms with E-state index in [4.69, 9.17) is 11.6 Å². The van der Waals surface area contributed by atoms with E-state index in [1.165, 1.54) is 0 Å². The number of anilines is 1. The number of aromatic nitrogens is 5. The van der Waals surface area contributed by atoms with Crippen molar-refractivity contribution in [2.24, 2.45) is 7.05 Å². The molecule has 0 saturated heterocycles. The number of hydrogen-bond donors (Lipinski definition) is 2. The Hall–Kier alpha value is -3.39. The van der Waals surface area contributed by atoms with Gasteiger partial charge in [0, 0.05) is 30.4 Å². The summed E-state index contributed by atoms with van der Waals surface area (Å²) >= 11 is 5.91. The number of aromatic amines is 1. The van der Waals surface area contributed by atoms with E-state index in [9.17, 15) is 9.59 Å². The first kappa shape index (κ1) is 20.9. The first-order chi connectivity index (χ1) is 14.8. The van der Waals surface area contributed by atoms with Crippen LogP contribution in [-0.2, 0) is 24.8 Å². The summed E-state index contributed by atoms with van der Waals surface area (Å²) < 4.78 is 3.38. The van der Waals surface area contributed by atoms with Gasteiger partial charge in [0.2, 0.25) is 5.91 Å². The second-order valence-electron chi connectivity index (χ2n) is 7.60. The number of H-pyrrole nitrogens is 1. The van der Waals surface area contributed by atoms with Crippen LogP contribution < -0.4 is 10.9 Å². The SMILES string of the molecule is Cc1nc2c(c(C)c1CCC(=O)Nc1cnn(Cc3ccc(Cl)cc3)c1)c(=O)[nH]n2C. The normalized spacial score (nSPS) is 11.2. The molecule has 0 atom stereocenters. The van der Waals surface area contributed by atoms with E-state index in [1.54, 1.807) is 28.8 Å². The molecule has 3 heterocycles. The second kappa shape index (κ2) is 8.39. The average molecular weight is 439 g/mol. The number of pyridine rings is 1. The van der Waals surface area contributed by atoms with E-state index < -0.39 is 0 Å². The third-order valence-corrected chi connectivity index (χ3v) is 5.60. The molecule has 1 aromatic carbocycles. The van der Waals surface area contributed by atoms with Gasteiger partial charge in [-0.3, -0.25) is 24.1 Å². The molecule has 0 bridgehead atoms. The average Bonchev–Trinajstić information content (AvgIpc) is 3.26. The van der Waals surface area contributed by atoms with Crippen molar-refractivity contribution in [1.29, 1.82) is 0 Å². The van der Waals surface area contributed by atoms with Gasteiger partial charge in [0.05, 0.1) is 23.8 Å². The number of nitrogens with zero attached hydrogens (tertiary/aromatic N) is 4. The molecule has 0 aliphatic heterocycles. The van der Waals surface area contributed by atoms with Gasteiger partial charge in [0.15, 0.2) is 5.65 Å². The van der Waals surface area contributed by atoms with Crippen molar-refractivity contribution in [3.8, 4) is 0 Å². The van der Waals surface area contributed by atoms with Crippen LogP contribution in [0.4, 0.5) is 5.69 Å². The van der Waals surface area contributed by atoms with Gasteiger partial charge in [-0.2, -0.15) is 5.10 Å². The number of fused-ring (bicyclic) bond motifs is 1. The van der Waals surface area contributed by atoms with Crippen LogP contribution in [0.15, 0.2) is 41.5 Å². The van der Waals surface area contributed by atoms with Gasteiger partial charge in [0.25, 0.3) is 5.56 Å². The van der Waals surface area contributed by atoms with E-state index in [2.05, 4.69) is 20.5 Å². The zero-order valence-electron chi connectivity index (χ0n) is 17.6. The van der Waals surface area contributed by atoms with Crippen LogP contribution in [0.5, 0.6) is 0 Å². The van der Waals surface area contributed by atoms with Crippen molar-refractivity contribution in [3.05, 3.63) is 74.4 Å². The molecule has 9 heteroatoms. The molecular formula is C22H23ClN6O2. The molecule has 0 fully saturated rings. The molecule has 4 rings (SSSR count). The quantitative estimate of drug-likeness (QED) is 0.482. The Morgan fingerprint density at radius 1 is 1.23 bits per heavy atom. The highest BCUT2D eigenvalue weighted by Crippen LogP contribution is 2.21. The number of rotatable bonds is 6. The number of nitrogens with one attached hydrogen (secondary N) is 2. The van der Waals surface area contributed by atoms with E-state index in [1.807, 2.05) is 38.1 Å². The lowest BCUT2D eigenvalue weighted by Crippen LogP contribution is -2.13. The first-order valence-electron chi connectivity index (χ1n) is 9.93. The lowest BCUT2D eigenvalue weighted by molar-refractivity contribution is -0.116. The number of amides is 1. The molecule has 8 nitrogen and oxygen atoms in total. The van der Waals surface area contributed by atoms with Crippen LogP contribution in [0.1, 0.15) is 28.8 Å². The van der Waals surface area contributed by atoms with Gasteiger partial charge in [-0.1, -0.05) is 23.7 Å². The first-order valence-corrected chi connectivity index (χ1v) is 10.3. The van der Waals surface area contributed by atoms with Gasteiger partial charge >= 0.3 is 0 Å². The molecular weight excluding hydrogens is 416 g/mol. The largest absolute Gasteiger partial charge is 0.323 e. The van der Waals surface area contributed by atoms with Crippen LogP contribution in [-0.4, -0.2) is 30.5 Å². The molecule has 0 spiro atoms. The minimum atomic E-state index is -0.165. The fourth-order valence-electron chi connectivity index (χ4n) is 3.77. The van der Waals surface area contributed by atoms with Gasteiger partial charge in [0.1, 0.15) is 0 Å². The van der Waals surface area contributed by atoms with Crippen molar-refractivity contribution >= 4 is 34.2 Å². The molecule has 160 valence electrons. The van der Waals surface area contributed by atoms with Gasteiger partial charge < -0.3 is 5.32 Å². The molecule has 0 radical (unpaired) electrons. The predicted molar refractivity (Wildman–Crippen MR) is 121 cm³/mol. The molecule has 3 aromatic heterocycles. The Morgan fingerprint density at radius 3 is 2.71 bits per heavy atom. The summed E-state index contributed by atoms with van der Waals surface area (Å²) in [4.78, 5) is 29.2. The molecule has 0 aliphatic carbocycles. The summed E-state index contributed by atoms with van der Waals surface area (Å²) in [6, 6.07) is 7.55. The molecule has 0 saturated carbocycles. The smallest absolute Gasteiger partial charge is 0.273 e. The van der Waals surface area contributed by atoms with Crippen molar-refractivity contribution in [3.63, 3.8) is 0 Å². The fourth-order valence-corrected chi connectivity index (χ4v) is 3.90. The van der Waals surface area contributed by atoms with Crippen LogP contribution in [0, 0.1) is 13.8 Å². The van der Waals surface area contributed by atoms with Crippen LogP contribution >= 0.6 is 11.6 Å². The van der Waals surface area contributed by atoms with E-state index in [0.29, 0.717) is 34.7 Å². The zero-order chi connectivity index (χ0) is 22.1. The highest BCUT2D eigenvalue weighted by Gasteiger charge is 2.16. The molecule has 0 unspecified atom stereocenters. The highest BCUT2D eigenvalue weighted by molar-refractivity contribution is 6.30. The van der Waals surface area contributed by atoms with E-state index >= 15 is 0 Å². The third kappa shape index (κ3) is 4.39. The standard InChI is InChI=1S/C22H23ClN6O2/c1-13-18(14(2)25-21-20(13)22(31)27-28(21)3)8-9-19(30)26-17-10-24-29(12-17)11-15-4-6-16(23)7-5-15/h4-7,10,12H,8-9,11H2,1-3H3,(H,26,30)(H,27,31). The number of hydrogen-bond acceptors (Lipinski definition) is 4. The van der Waals surface area contributed by atoms with Crippen molar-refractivity contribution < 1.29 is 4.79 Å². The maximum Gasteiger partial charge on any atom is 0.273 e. The zero-order valence-corrected chi connectivity index (χ0v) is 18.3. The number of halogens is 1. The van der Waals surface area contributed by atoms with Crippen LogP contribution in [0.25, 0.3) is 11.0 Å². The van der Waals surface area contributed by atoms with E-state index in [0.717, 1.165) is 22.4 Å². The summed E-state index contributed by atoms with van der Waals surface area (Å²) in [7, 11) is 1.76. The maximum absolute atomic E-state index is 12.5. The molecule has 31 heavy (non-hydrogen) atoms. The number of benzene rings is 1. The summed E-state index contributed by atoms with van der Waals surface area (Å²) in [5.74, 6) is -0.119. The summed E-state index contributed by atoms with van der Waals surface area (Å²) in [6.45, 7) is 4.39. The van der Waals surface area contributed by atoms with E-state index in [-0.39, 0.29) is 17.9 Å². The minimum Gasteiger partial charge on any atom is -0.323 e. The highest BCUT2D eigenvalue weighted by atomic mass is 35.5.